The van der Waals surface area contributed by atoms with Gasteiger partial charge in [0, 0.05) is 6.04 Å². The first-order valence-corrected chi connectivity index (χ1v) is 6.16. The summed E-state index contributed by atoms with van der Waals surface area (Å²) in [5, 5.41) is 0. The second-order valence-corrected chi connectivity index (χ2v) is 6.12. The summed E-state index contributed by atoms with van der Waals surface area (Å²) in [6, 6.07) is 4.76. The number of nitrogens with two attached hydrogens (primary N) is 1. The zero-order valence-corrected chi connectivity index (χ0v) is 11.1. The molecule has 1 aliphatic rings. The van der Waals surface area contributed by atoms with Crippen molar-refractivity contribution in [2.24, 2.45) is 17.1 Å². The van der Waals surface area contributed by atoms with Crippen molar-refractivity contribution in [2.45, 2.75) is 47.1 Å². The number of benzene rings is 1. The third-order valence-electron chi connectivity index (χ3n) is 4.26. The van der Waals surface area contributed by atoms with Gasteiger partial charge in [-0.1, -0.05) is 26.0 Å². The first-order valence-electron chi connectivity index (χ1n) is 6.16. The monoisotopic (exact) mass is 217 g/mol. The highest BCUT2D eigenvalue weighted by atomic mass is 14.7. The van der Waals surface area contributed by atoms with Gasteiger partial charge in [0.15, 0.2) is 0 Å². The minimum absolute atomic E-state index is 0.217. The van der Waals surface area contributed by atoms with Gasteiger partial charge in [0.1, 0.15) is 0 Å². The minimum atomic E-state index is 0.217. The van der Waals surface area contributed by atoms with Crippen LogP contribution in [0.2, 0.25) is 0 Å². The van der Waals surface area contributed by atoms with E-state index < -0.39 is 0 Å². The van der Waals surface area contributed by atoms with Gasteiger partial charge < -0.3 is 5.73 Å². The first-order chi connectivity index (χ1) is 7.33. The van der Waals surface area contributed by atoms with E-state index >= 15 is 0 Å². The lowest BCUT2D eigenvalue weighted by molar-refractivity contribution is 0.490. The van der Waals surface area contributed by atoms with Crippen LogP contribution in [0.4, 0.5) is 0 Å². The van der Waals surface area contributed by atoms with Crippen molar-refractivity contribution >= 4 is 0 Å². The van der Waals surface area contributed by atoms with E-state index in [0.717, 1.165) is 0 Å². The molecule has 1 aliphatic carbocycles. The highest BCUT2D eigenvalue weighted by Crippen LogP contribution is 2.57. The summed E-state index contributed by atoms with van der Waals surface area (Å²) in [6.07, 6.45) is 1.26. The van der Waals surface area contributed by atoms with E-state index in [0.29, 0.717) is 11.3 Å². The standard InChI is InChI=1S/C15H23N/c1-9-6-11(3)12(7-10(9)2)14(16)13-8-15(13,4)5/h6-7,13-14H,8,16H2,1-5H3. The predicted molar refractivity (Wildman–Crippen MR) is 69.5 cm³/mol. The van der Waals surface area contributed by atoms with Crippen molar-refractivity contribution in [3.63, 3.8) is 0 Å². The van der Waals surface area contributed by atoms with Gasteiger partial charge in [-0.15, -0.1) is 0 Å². The Morgan fingerprint density at radius 3 is 2.12 bits per heavy atom. The van der Waals surface area contributed by atoms with E-state index in [1.54, 1.807) is 0 Å². The third kappa shape index (κ3) is 1.89. The quantitative estimate of drug-likeness (QED) is 0.804. The zero-order chi connectivity index (χ0) is 12.1. The normalized spacial score (nSPS) is 24.2. The molecular formula is C15H23N. The zero-order valence-electron chi connectivity index (χ0n) is 11.1. The second-order valence-electron chi connectivity index (χ2n) is 6.12. The molecular weight excluding hydrogens is 194 g/mol. The topological polar surface area (TPSA) is 26.0 Å². The molecule has 0 heterocycles. The summed E-state index contributed by atoms with van der Waals surface area (Å²) < 4.78 is 0. The fourth-order valence-electron chi connectivity index (χ4n) is 2.68. The molecule has 88 valence electrons. The molecule has 1 aromatic carbocycles. The molecule has 0 aromatic heterocycles. The summed E-state index contributed by atoms with van der Waals surface area (Å²) in [5.41, 5.74) is 12.3. The van der Waals surface area contributed by atoms with Crippen LogP contribution in [0.15, 0.2) is 12.1 Å². The Morgan fingerprint density at radius 2 is 1.62 bits per heavy atom. The Labute approximate surface area is 99.0 Å². The molecule has 16 heavy (non-hydrogen) atoms. The van der Waals surface area contributed by atoms with E-state index in [2.05, 4.69) is 46.8 Å². The SMILES string of the molecule is Cc1cc(C)c(C(N)C2CC2(C)C)cc1C. The van der Waals surface area contributed by atoms with Crippen molar-refractivity contribution in [3.8, 4) is 0 Å². The number of aryl methyl sites for hydroxylation is 3. The molecule has 1 fully saturated rings. The molecule has 0 saturated heterocycles. The summed E-state index contributed by atoms with van der Waals surface area (Å²) in [4.78, 5) is 0. The third-order valence-corrected chi connectivity index (χ3v) is 4.26. The molecule has 2 N–H and O–H groups in total. The molecule has 0 spiro atoms. The highest BCUT2D eigenvalue weighted by molar-refractivity contribution is 5.39. The van der Waals surface area contributed by atoms with Crippen LogP contribution in [-0.2, 0) is 0 Å². The highest BCUT2D eigenvalue weighted by Gasteiger charge is 2.49. The minimum Gasteiger partial charge on any atom is -0.324 e. The Morgan fingerprint density at radius 1 is 1.12 bits per heavy atom. The molecule has 0 amide bonds. The summed E-state index contributed by atoms with van der Waals surface area (Å²) in [6.45, 7) is 11.1. The maximum absolute atomic E-state index is 6.40. The summed E-state index contributed by atoms with van der Waals surface area (Å²) in [7, 11) is 0. The van der Waals surface area contributed by atoms with Crippen LogP contribution in [0.3, 0.4) is 0 Å². The second kappa shape index (κ2) is 3.59. The molecule has 1 saturated carbocycles. The van der Waals surface area contributed by atoms with Crippen LogP contribution in [0.1, 0.15) is 48.6 Å². The molecule has 1 nitrogen and oxygen atoms in total. The number of rotatable bonds is 2. The number of hydrogen-bond acceptors (Lipinski definition) is 1. The van der Waals surface area contributed by atoms with Gasteiger partial charge in [0.25, 0.3) is 0 Å². The molecule has 2 atom stereocenters. The lowest BCUT2D eigenvalue weighted by Crippen LogP contribution is -2.17. The van der Waals surface area contributed by atoms with Crippen LogP contribution in [0, 0.1) is 32.1 Å². The molecule has 0 aliphatic heterocycles. The van der Waals surface area contributed by atoms with Gasteiger partial charge in [-0.2, -0.15) is 0 Å². The van der Waals surface area contributed by atoms with Gasteiger partial charge >= 0.3 is 0 Å². The Bertz CT molecular complexity index is 418. The predicted octanol–water partition coefficient (Wildman–Crippen LogP) is 3.66. The molecule has 2 rings (SSSR count). The van der Waals surface area contributed by atoms with E-state index in [-0.39, 0.29) is 6.04 Å². The fraction of sp³-hybridized carbons (Fsp3) is 0.600. The first kappa shape index (κ1) is 11.7. The van der Waals surface area contributed by atoms with Gasteiger partial charge in [-0.05, 0) is 60.8 Å². The molecule has 0 bridgehead atoms. The van der Waals surface area contributed by atoms with Crippen LogP contribution >= 0.6 is 0 Å². The largest absolute Gasteiger partial charge is 0.324 e. The summed E-state index contributed by atoms with van der Waals surface area (Å²) in [5.74, 6) is 0.660. The molecule has 1 heteroatoms. The van der Waals surface area contributed by atoms with Crippen molar-refractivity contribution in [2.75, 3.05) is 0 Å². The Balaban J connectivity index is 2.31. The van der Waals surface area contributed by atoms with Crippen molar-refractivity contribution in [3.05, 3.63) is 34.4 Å². The van der Waals surface area contributed by atoms with Gasteiger partial charge in [0.05, 0.1) is 0 Å². The lowest BCUT2D eigenvalue weighted by Gasteiger charge is -2.18. The van der Waals surface area contributed by atoms with E-state index in [1.165, 1.54) is 28.7 Å². The lowest BCUT2D eigenvalue weighted by atomic mass is 9.91. The maximum Gasteiger partial charge on any atom is 0.0331 e. The average molecular weight is 217 g/mol. The van der Waals surface area contributed by atoms with Crippen molar-refractivity contribution in [1.29, 1.82) is 0 Å². The molecule has 0 radical (unpaired) electrons. The van der Waals surface area contributed by atoms with Crippen LogP contribution in [-0.4, -0.2) is 0 Å². The van der Waals surface area contributed by atoms with Gasteiger partial charge in [-0.3, -0.25) is 0 Å². The Hall–Kier alpha value is -0.820. The Kier molecular flexibility index (Phi) is 2.62. The van der Waals surface area contributed by atoms with Crippen LogP contribution in [0.5, 0.6) is 0 Å². The van der Waals surface area contributed by atoms with Crippen LogP contribution in [0.25, 0.3) is 0 Å². The molecule has 1 aromatic rings. The summed E-state index contributed by atoms with van der Waals surface area (Å²) >= 11 is 0. The maximum atomic E-state index is 6.40. The van der Waals surface area contributed by atoms with E-state index in [4.69, 9.17) is 5.73 Å². The van der Waals surface area contributed by atoms with E-state index in [9.17, 15) is 0 Å². The van der Waals surface area contributed by atoms with E-state index in [1.807, 2.05) is 0 Å². The van der Waals surface area contributed by atoms with Crippen molar-refractivity contribution < 1.29 is 0 Å². The smallest absolute Gasteiger partial charge is 0.0331 e. The fourth-order valence-corrected chi connectivity index (χ4v) is 2.68. The van der Waals surface area contributed by atoms with Crippen LogP contribution < -0.4 is 5.73 Å². The van der Waals surface area contributed by atoms with Gasteiger partial charge in [-0.25, -0.2) is 0 Å². The number of hydrogen-bond donors (Lipinski definition) is 1. The van der Waals surface area contributed by atoms with Gasteiger partial charge in [0.2, 0.25) is 0 Å². The van der Waals surface area contributed by atoms with Crippen molar-refractivity contribution in [1.82, 2.24) is 0 Å². The average Bonchev–Trinajstić information content (AvgIpc) is 2.80. The molecule has 2 unspecified atom stereocenters.